The minimum absolute atomic E-state index is 0.00750. The Kier molecular flexibility index (Phi) is 4.74. The van der Waals surface area contributed by atoms with Crippen LogP contribution < -0.4 is 10.1 Å². The summed E-state index contributed by atoms with van der Waals surface area (Å²) in [7, 11) is 0. The molecule has 0 radical (unpaired) electrons. The molecule has 0 unspecified atom stereocenters. The first-order valence-corrected chi connectivity index (χ1v) is 8.33. The Balaban J connectivity index is 1.66. The Labute approximate surface area is 147 Å². The number of ketones is 1. The van der Waals surface area contributed by atoms with Crippen molar-refractivity contribution in [2.45, 2.75) is 32.8 Å². The number of fused-ring (bicyclic) bond motifs is 1. The molecule has 3 rings (SSSR count). The first-order valence-electron chi connectivity index (χ1n) is 8.33. The number of ether oxygens (including phenoxy) is 1. The number of oxazole rings is 1. The number of carbonyl (C=O) groups excluding carboxylic acids is 1. The molecule has 5 heteroatoms. The number of hydrogen-bond donors (Lipinski definition) is 1. The SMILES string of the molecule is CC(=O)C(C)(C)Oc1ccccc1CCNc1nc2ccccc2o1. The lowest BCUT2D eigenvalue weighted by Gasteiger charge is -2.25. The Morgan fingerprint density at radius 1 is 1.16 bits per heavy atom. The summed E-state index contributed by atoms with van der Waals surface area (Å²) in [6.07, 6.45) is 0.725. The Morgan fingerprint density at radius 3 is 2.64 bits per heavy atom. The fourth-order valence-corrected chi connectivity index (χ4v) is 2.41. The predicted octanol–water partition coefficient (Wildman–Crippen LogP) is 4.23. The molecule has 2 aromatic carbocycles. The van der Waals surface area contributed by atoms with E-state index in [-0.39, 0.29) is 5.78 Å². The normalized spacial score (nSPS) is 11.5. The van der Waals surface area contributed by atoms with Crippen LogP contribution >= 0.6 is 0 Å². The van der Waals surface area contributed by atoms with Crippen LogP contribution in [0.4, 0.5) is 6.01 Å². The molecule has 0 spiro atoms. The molecule has 0 saturated carbocycles. The standard InChI is InChI=1S/C20H22N2O3/c1-14(23)20(2,3)25-17-10-6-4-8-15(17)12-13-21-19-22-16-9-5-7-11-18(16)24-19/h4-11H,12-13H2,1-3H3,(H,21,22). The summed E-state index contributed by atoms with van der Waals surface area (Å²) in [6.45, 7) is 5.75. The van der Waals surface area contributed by atoms with Gasteiger partial charge in [0, 0.05) is 6.54 Å². The van der Waals surface area contributed by atoms with Gasteiger partial charge in [-0.2, -0.15) is 4.98 Å². The van der Waals surface area contributed by atoms with E-state index in [1.54, 1.807) is 13.8 Å². The molecule has 5 nitrogen and oxygen atoms in total. The zero-order valence-electron chi connectivity index (χ0n) is 14.7. The molecule has 1 N–H and O–H groups in total. The average molecular weight is 338 g/mol. The summed E-state index contributed by atoms with van der Waals surface area (Å²) in [5.41, 5.74) is 1.78. The second-order valence-electron chi connectivity index (χ2n) is 6.44. The molecule has 0 aliphatic heterocycles. The molecule has 0 atom stereocenters. The zero-order chi connectivity index (χ0) is 17.9. The van der Waals surface area contributed by atoms with Gasteiger partial charge in [-0.1, -0.05) is 30.3 Å². The van der Waals surface area contributed by atoms with Crippen molar-refractivity contribution in [3.8, 4) is 5.75 Å². The highest BCUT2D eigenvalue weighted by atomic mass is 16.5. The van der Waals surface area contributed by atoms with Crippen LogP contribution in [0, 0.1) is 0 Å². The van der Waals surface area contributed by atoms with Crippen LogP contribution in [0.25, 0.3) is 11.1 Å². The smallest absolute Gasteiger partial charge is 0.295 e. The van der Waals surface area contributed by atoms with Crippen LogP contribution in [-0.2, 0) is 11.2 Å². The lowest BCUT2D eigenvalue weighted by molar-refractivity contribution is -0.129. The van der Waals surface area contributed by atoms with E-state index in [0.29, 0.717) is 12.6 Å². The van der Waals surface area contributed by atoms with Gasteiger partial charge < -0.3 is 14.5 Å². The fourth-order valence-electron chi connectivity index (χ4n) is 2.41. The minimum atomic E-state index is -0.843. The largest absolute Gasteiger partial charge is 0.480 e. The van der Waals surface area contributed by atoms with Crippen LogP contribution in [0.3, 0.4) is 0 Å². The number of hydrogen-bond acceptors (Lipinski definition) is 5. The Bertz CT molecular complexity index is 850. The summed E-state index contributed by atoms with van der Waals surface area (Å²) in [4.78, 5) is 16.1. The number of aromatic nitrogens is 1. The third-order valence-corrected chi connectivity index (χ3v) is 4.15. The van der Waals surface area contributed by atoms with Crippen LogP contribution in [0.5, 0.6) is 5.75 Å². The number of nitrogens with one attached hydrogen (secondary N) is 1. The number of rotatable bonds is 7. The highest BCUT2D eigenvalue weighted by molar-refractivity contribution is 5.84. The van der Waals surface area contributed by atoms with Crippen molar-refractivity contribution in [3.05, 3.63) is 54.1 Å². The number of anilines is 1. The second-order valence-corrected chi connectivity index (χ2v) is 6.44. The maximum Gasteiger partial charge on any atom is 0.295 e. The van der Waals surface area contributed by atoms with Gasteiger partial charge in [-0.3, -0.25) is 4.79 Å². The van der Waals surface area contributed by atoms with Crippen molar-refractivity contribution in [3.63, 3.8) is 0 Å². The zero-order valence-corrected chi connectivity index (χ0v) is 14.7. The summed E-state index contributed by atoms with van der Waals surface area (Å²) in [5, 5.41) is 3.20. The molecule has 0 aliphatic carbocycles. The molecule has 3 aromatic rings. The highest BCUT2D eigenvalue weighted by Crippen LogP contribution is 2.24. The first-order chi connectivity index (χ1) is 12.0. The van der Waals surface area contributed by atoms with Crippen molar-refractivity contribution in [1.82, 2.24) is 4.98 Å². The monoisotopic (exact) mass is 338 g/mol. The van der Waals surface area contributed by atoms with Crippen LogP contribution in [0.15, 0.2) is 52.9 Å². The fraction of sp³-hybridized carbons (Fsp3) is 0.300. The average Bonchev–Trinajstić information content (AvgIpc) is 2.98. The van der Waals surface area contributed by atoms with Gasteiger partial charge in [0.25, 0.3) is 6.01 Å². The van der Waals surface area contributed by atoms with Gasteiger partial charge in [-0.05, 0) is 51.0 Å². The number of carbonyl (C=O) groups is 1. The molecular formula is C20H22N2O3. The van der Waals surface area contributed by atoms with Crippen molar-refractivity contribution >= 4 is 22.9 Å². The predicted molar refractivity (Wildman–Crippen MR) is 98.0 cm³/mol. The molecular weight excluding hydrogens is 316 g/mol. The molecule has 0 fully saturated rings. The highest BCUT2D eigenvalue weighted by Gasteiger charge is 2.26. The van der Waals surface area contributed by atoms with Gasteiger partial charge in [-0.25, -0.2) is 0 Å². The van der Waals surface area contributed by atoms with Crippen LogP contribution in [-0.4, -0.2) is 22.9 Å². The van der Waals surface area contributed by atoms with Crippen molar-refractivity contribution in [2.75, 3.05) is 11.9 Å². The van der Waals surface area contributed by atoms with Crippen LogP contribution in [0.1, 0.15) is 26.3 Å². The molecule has 1 heterocycles. The molecule has 1 aromatic heterocycles. The summed E-state index contributed by atoms with van der Waals surface area (Å²) in [6, 6.07) is 15.9. The summed E-state index contributed by atoms with van der Waals surface area (Å²) in [5.74, 6) is 0.717. The van der Waals surface area contributed by atoms with Gasteiger partial charge in [-0.15, -0.1) is 0 Å². The van der Waals surface area contributed by atoms with Gasteiger partial charge in [0.1, 0.15) is 11.3 Å². The molecule has 0 saturated heterocycles. The van der Waals surface area contributed by atoms with Crippen molar-refractivity contribution in [2.24, 2.45) is 0 Å². The maximum absolute atomic E-state index is 11.7. The number of para-hydroxylation sites is 3. The summed E-state index contributed by atoms with van der Waals surface area (Å²) < 4.78 is 11.6. The van der Waals surface area contributed by atoms with E-state index in [0.717, 1.165) is 28.8 Å². The van der Waals surface area contributed by atoms with Gasteiger partial charge in [0.15, 0.2) is 17.0 Å². The van der Waals surface area contributed by atoms with Crippen molar-refractivity contribution in [1.29, 1.82) is 0 Å². The van der Waals surface area contributed by atoms with E-state index in [9.17, 15) is 4.79 Å². The van der Waals surface area contributed by atoms with E-state index >= 15 is 0 Å². The quantitative estimate of drug-likeness (QED) is 0.698. The second kappa shape index (κ2) is 6.97. The van der Waals surface area contributed by atoms with E-state index in [1.807, 2.05) is 48.5 Å². The molecule has 0 amide bonds. The topological polar surface area (TPSA) is 64.4 Å². The van der Waals surface area contributed by atoms with E-state index in [4.69, 9.17) is 9.15 Å². The maximum atomic E-state index is 11.7. The molecule has 0 bridgehead atoms. The third kappa shape index (κ3) is 3.99. The Hall–Kier alpha value is -2.82. The van der Waals surface area contributed by atoms with E-state index in [1.165, 1.54) is 6.92 Å². The van der Waals surface area contributed by atoms with Gasteiger partial charge in [0.2, 0.25) is 0 Å². The number of benzene rings is 2. The van der Waals surface area contributed by atoms with E-state index < -0.39 is 5.60 Å². The molecule has 130 valence electrons. The van der Waals surface area contributed by atoms with Crippen molar-refractivity contribution < 1.29 is 13.9 Å². The van der Waals surface area contributed by atoms with Gasteiger partial charge in [0.05, 0.1) is 0 Å². The summed E-state index contributed by atoms with van der Waals surface area (Å²) >= 11 is 0. The third-order valence-electron chi connectivity index (χ3n) is 4.15. The minimum Gasteiger partial charge on any atom is -0.480 e. The lowest BCUT2D eigenvalue weighted by atomic mass is 10.0. The first kappa shape index (κ1) is 17.0. The van der Waals surface area contributed by atoms with Gasteiger partial charge >= 0.3 is 0 Å². The molecule has 25 heavy (non-hydrogen) atoms. The van der Waals surface area contributed by atoms with E-state index in [2.05, 4.69) is 10.3 Å². The number of Topliss-reactive ketones (excluding diaryl/α,β-unsaturated/α-hetero) is 1. The molecule has 0 aliphatic rings. The lowest BCUT2D eigenvalue weighted by Crippen LogP contribution is -2.36. The Morgan fingerprint density at radius 2 is 1.88 bits per heavy atom. The van der Waals surface area contributed by atoms with Crippen LogP contribution in [0.2, 0.25) is 0 Å². The number of nitrogens with zero attached hydrogens (tertiary/aromatic N) is 1.